The summed E-state index contributed by atoms with van der Waals surface area (Å²) < 4.78 is 11.8. The van der Waals surface area contributed by atoms with Crippen LogP contribution >= 0.6 is 0 Å². The number of nitrogens with zero attached hydrogens (tertiary/aromatic N) is 1. The Balaban J connectivity index is 1.56. The van der Waals surface area contributed by atoms with Crippen LogP contribution in [-0.4, -0.2) is 47.8 Å². The first-order chi connectivity index (χ1) is 15.1. The SMILES string of the molecule is CCCCC(C(=O)O)N1CCC(OCc2ccccc2-c2ccc(OCC)cc2)CC1. The van der Waals surface area contributed by atoms with E-state index in [9.17, 15) is 9.90 Å². The maximum absolute atomic E-state index is 11.6. The monoisotopic (exact) mass is 425 g/mol. The fourth-order valence-corrected chi connectivity index (χ4v) is 4.25. The van der Waals surface area contributed by atoms with Gasteiger partial charge in [0.05, 0.1) is 19.3 Å². The van der Waals surface area contributed by atoms with E-state index in [1.807, 2.05) is 25.1 Å². The average Bonchev–Trinajstić information content (AvgIpc) is 2.79. The Morgan fingerprint density at radius 3 is 2.45 bits per heavy atom. The summed E-state index contributed by atoms with van der Waals surface area (Å²) in [6, 6.07) is 16.2. The van der Waals surface area contributed by atoms with E-state index in [-0.39, 0.29) is 12.1 Å². The van der Waals surface area contributed by atoms with Crippen molar-refractivity contribution in [1.29, 1.82) is 0 Å². The van der Waals surface area contributed by atoms with Crippen LogP contribution < -0.4 is 4.74 Å². The van der Waals surface area contributed by atoms with E-state index in [0.29, 0.717) is 13.2 Å². The molecule has 31 heavy (non-hydrogen) atoms. The van der Waals surface area contributed by atoms with E-state index in [1.54, 1.807) is 0 Å². The number of rotatable bonds is 11. The lowest BCUT2D eigenvalue weighted by atomic mass is 9.99. The fraction of sp³-hybridized carbons (Fsp3) is 0.500. The molecule has 1 unspecified atom stereocenters. The summed E-state index contributed by atoms with van der Waals surface area (Å²) in [5.41, 5.74) is 3.49. The number of hydrogen-bond acceptors (Lipinski definition) is 4. The van der Waals surface area contributed by atoms with Crippen LogP contribution in [0.25, 0.3) is 11.1 Å². The minimum atomic E-state index is -0.697. The number of ether oxygens (including phenoxy) is 2. The predicted octanol–water partition coefficient (Wildman–Crippen LogP) is 5.38. The molecule has 0 spiro atoms. The Bertz CT molecular complexity index is 812. The summed E-state index contributed by atoms with van der Waals surface area (Å²) in [6.45, 7) is 6.88. The Morgan fingerprint density at radius 1 is 1.10 bits per heavy atom. The quantitative estimate of drug-likeness (QED) is 0.524. The minimum absolute atomic E-state index is 0.172. The highest BCUT2D eigenvalue weighted by Crippen LogP contribution is 2.27. The molecule has 1 saturated heterocycles. The molecular weight excluding hydrogens is 390 g/mol. The lowest BCUT2D eigenvalue weighted by Gasteiger charge is -2.35. The lowest BCUT2D eigenvalue weighted by Crippen LogP contribution is -2.47. The standard InChI is InChI=1S/C26H35NO4/c1-3-5-10-25(26(28)29)27-17-15-23(16-18-27)31-19-21-8-6-7-9-24(21)20-11-13-22(14-12-20)30-4-2/h6-9,11-14,23,25H,3-5,10,15-19H2,1-2H3,(H,28,29). The second kappa shape index (κ2) is 11.9. The Morgan fingerprint density at radius 2 is 1.81 bits per heavy atom. The summed E-state index contributed by atoms with van der Waals surface area (Å²) in [4.78, 5) is 13.8. The first-order valence-electron chi connectivity index (χ1n) is 11.5. The van der Waals surface area contributed by atoms with Crippen molar-refractivity contribution in [2.75, 3.05) is 19.7 Å². The highest BCUT2D eigenvalue weighted by molar-refractivity contribution is 5.73. The summed E-state index contributed by atoms with van der Waals surface area (Å²) >= 11 is 0. The molecule has 5 heteroatoms. The van der Waals surface area contributed by atoms with Crippen LogP contribution in [0.4, 0.5) is 0 Å². The molecule has 0 amide bonds. The smallest absolute Gasteiger partial charge is 0.320 e. The van der Waals surface area contributed by atoms with Crippen molar-refractivity contribution in [3.8, 4) is 16.9 Å². The molecule has 0 bridgehead atoms. The maximum atomic E-state index is 11.6. The molecule has 1 aliphatic rings. The summed E-state index contributed by atoms with van der Waals surface area (Å²) in [6.07, 6.45) is 4.63. The van der Waals surface area contributed by atoms with E-state index < -0.39 is 5.97 Å². The van der Waals surface area contributed by atoms with E-state index in [1.165, 1.54) is 11.1 Å². The molecule has 1 fully saturated rings. The highest BCUT2D eigenvalue weighted by Gasteiger charge is 2.29. The van der Waals surface area contributed by atoms with Gasteiger partial charge in [-0.05, 0) is 55.0 Å². The van der Waals surface area contributed by atoms with Crippen molar-refractivity contribution in [2.45, 2.75) is 64.7 Å². The van der Waals surface area contributed by atoms with Gasteiger partial charge < -0.3 is 14.6 Å². The molecule has 3 rings (SSSR count). The molecule has 0 saturated carbocycles. The number of likely N-dealkylation sites (tertiary alicyclic amines) is 1. The number of aliphatic carboxylic acids is 1. The van der Waals surface area contributed by atoms with Crippen LogP contribution in [0.3, 0.4) is 0 Å². The van der Waals surface area contributed by atoms with Gasteiger partial charge in [-0.2, -0.15) is 0 Å². The third kappa shape index (κ3) is 6.55. The van der Waals surface area contributed by atoms with Crippen molar-refractivity contribution in [2.24, 2.45) is 0 Å². The van der Waals surface area contributed by atoms with Crippen molar-refractivity contribution in [1.82, 2.24) is 4.90 Å². The van der Waals surface area contributed by atoms with Crippen LogP contribution in [0.5, 0.6) is 5.75 Å². The maximum Gasteiger partial charge on any atom is 0.320 e. The van der Waals surface area contributed by atoms with Crippen LogP contribution in [-0.2, 0) is 16.1 Å². The molecule has 1 aliphatic heterocycles. The van der Waals surface area contributed by atoms with E-state index in [4.69, 9.17) is 9.47 Å². The molecule has 0 aromatic heterocycles. The number of carbonyl (C=O) groups is 1. The number of carboxylic acids is 1. The zero-order chi connectivity index (χ0) is 22.1. The topological polar surface area (TPSA) is 59.0 Å². The molecule has 2 aromatic carbocycles. The lowest BCUT2D eigenvalue weighted by molar-refractivity contribution is -0.145. The number of benzene rings is 2. The van der Waals surface area contributed by atoms with Gasteiger partial charge >= 0.3 is 5.97 Å². The summed E-state index contributed by atoms with van der Waals surface area (Å²) in [5, 5.41) is 9.58. The number of hydrogen-bond donors (Lipinski definition) is 1. The van der Waals surface area contributed by atoms with Crippen molar-refractivity contribution in [3.05, 3.63) is 54.1 Å². The zero-order valence-electron chi connectivity index (χ0n) is 18.8. The minimum Gasteiger partial charge on any atom is -0.494 e. The van der Waals surface area contributed by atoms with Crippen molar-refractivity contribution >= 4 is 5.97 Å². The third-order valence-corrected chi connectivity index (χ3v) is 6.00. The number of piperidine rings is 1. The van der Waals surface area contributed by atoms with Gasteiger partial charge in [0, 0.05) is 13.1 Å². The second-order valence-electron chi connectivity index (χ2n) is 8.16. The Labute approximate surface area is 186 Å². The number of unbranched alkanes of at least 4 members (excludes halogenated alkanes) is 1. The van der Waals surface area contributed by atoms with Gasteiger partial charge in [-0.15, -0.1) is 0 Å². The van der Waals surface area contributed by atoms with Crippen LogP contribution in [0.2, 0.25) is 0 Å². The van der Waals surface area contributed by atoms with Gasteiger partial charge in [0.25, 0.3) is 0 Å². The largest absolute Gasteiger partial charge is 0.494 e. The number of carboxylic acid groups (broad SMARTS) is 1. The van der Waals surface area contributed by atoms with Crippen LogP contribution in [0.15, 0.2) is 48.5 Å². The summed E-state index contributed by atoms with van der Waals surface area (Å²) in [5.74, 6) is 0.183. The first kappa shape index (κ1) is 23.3. The van der Waals surface area contributed by atoms with Crippen LogP contribution in [0.1, 0.15) is 51.5 Å². The average molecular weight is 426 g/mol. The van der Waals surface area contributed by atoms with Crippen LogP contribution in [0, 0.1) is 0 Å². The van der Waals surface area contributed by atoms with Gasteiger partial charge in [0.15, 0.2) is 0 Å². The fourth-order valence-electron chi connectivity index (χ4n) is 4.25. The van der Waals surface area contributed by atoms with Gasteiger partial charge in [-0.1, -0.05) is 56.2 Å². The van der Waals surface area contributed by atoms with Crippen molar-refractivity contribution in [3.63, 3.8) is 0 Å². The molecule has 168 valence electrons. The van der Waals surface area contributed by atoms with Gasteiger partial charge in [0.1, 0.15) is 11.8 Å². The Kier molecular flexibility index (Phi) is 8.92. The third-order valence-electron chi connectivity index (χ3n) is 6.00. The Hall–Kier alpha value is -2.37. The van der Waals surface area contributed by atoms with E-state index in [0.717, 1.165) is 56.5 Å². The van der Waals surface area contributed by atoms with Gasteiger partial charge in [-0.25, -0.2) is 0 Å². The second-order valence-corrected chi connectivity index (χ2v) is 8.16. The molecule has 1 atom stereocenters. The van der Waals surface area contributed by atoms with E-state index >= 15 is 0 Å². The van der Waals surface area contributed by atoms with Gasteiger partial charge in [-0.3, -0.25) is 9.69 Å². The molecular formula is C26H35NO4. The highest BCUT2D eigenvalue weighted by atomic mass is 16.5. The molecule has 0 aliphatic carbocycles. The molecule has 0 radical (unpaired) electrons. The molecule has 1 heterocycles. The van der Waals surface area contributed by atoms with Crippen molar-refractivity contribution < 1.29 is 19.4 Å². The zero-order valence-corrected chi connectivity index (χ0v) is 18.8. The normalized spacial score (nSPS) is 16.2. The predicted molar refractivity (Wildman–Crippen MR) is 123 cm³/mol. The van der Waals surface area contributed by atoms with E-state index in [2.05, 4.69) is 42.2 Å². The first-order valence-corrected chi connectivity index (χ1v) is 11.5. The van der Waals surface area contributed by atoms with Gasteiger partial charge in [0.2, 0.25) is 0 Å². The molecule has 1 N–H and O–H groups in total. The molecule has 5 nitrogen and oxygen atoms in total. The summed E-state index contributed by atoms with van der Waals surface area (Å²) in [7, 11) is 0. The molecule has 2 aromatic rings.